The van der Waals surface area contributed by atoms with E-state index < -0.39 is 0 Å². The number of benzene rings is 1. The van der Waals surface area contributed by atoms with Gasteiger partial charge in [-0.1, -0.05) is 23.9 Å². The van der Waals surface area contributed by atoms with E-state index in [1.807, 2.05) is 31.2 Å². The van der Waals surface area contributed by atoms with E-state index in [2.05, 4.69) is 0 Å². The number of hydrogen-bond acceptors (Lipinski definition) is 4. The van der Waals surface area contributed by atoms with Gasteiger partial charge in [-0.3, -0.25) is 4.79 Å². The Labute approximate surface area is 112 Å². The lowest BCUT2D eigenvalue weighted by molar-refractivity contribution is -0.110. The molecule has 0 amide bonds. The molecule has 0 radical (unpaired) electrons. The molecule has 0 aromatic heterocycles. The number of aldehydes is 1. The zero-order valence-corrected chi connectivity index (χ0v) is 11.5. The molecular formula is C14H18O3S. The van der Waals surface area contributed by atoms with Gasteiger partial charge in [0.2, 0.25) is 0 Å². The van der Waals surface area contributed by atoms with Gasteiger partial charge in [0.15, 0.2) is 5.12 Å². The predicted octanol–water partition coefficient (Wildman–Crippen LogP) is 2.72. The molecule has 18 heavy (non-hydrogen) atoms. The van der Waals surface area contributed by atoms with Crippen LogP contribution >= 0.6 is 11.8 Å². The van der Waals surface area contributed by atoms with Gasteiger partial charge in [-0.25, -0.2) is 0 Å². The lowest BCUT2D eigenvalue weighted by Crippen LogP contribution is -2.10. The Morgan fingerprint density at radius 2 is 2.06 bits per heavy atom. The Kier molecular flexibility index (Phi) is 6.50. The Balaban J connectivity index is 2.53. The molecule has 0 fully saturated rings. The maximum absolute atomic E-state index is 10.9. The fraction of sp³-hybridized carbons (Fsp3) is 0.429. The highest BCUT2D eigenvalue weighted by Crippen LogP contribution is 2.17. The van der Waals surface area contributed by atoms with E-state index in [0.29, 0.717) is 18.8 Å². The number of thioether (sulfide) groups is 1. The molecule has 1 atom stereocenters. The minimum absolute atomic E-state index is 0.0496. The quantitative estimate of drug-likeness (QED) is 0.712. The Bertz CT molecular complexity index is 387. The molecule has 3 nitrogen and oxygen atoms in total. The third-order valence-electron chi connectivity index (χ3n) is 2.43. The summed E-state index contributed by atoms with van der Waals surface area (Å²) < 4.78 is 5.35. The maximum atomic E-state index is 10.9. The van der Waals surface area contributed by atoms with Crippen LogP contribution < -0.4 is 4.74 Å². The van der Waals surface area contributed by atoms with Crippen LogP contribution in [0.5, 0.6) is 5.75 Å². The molecule has 4 heteroatoms. The molecule has 0 aliphatic rings. The molecule has 0 aliphatic carbocycles. The number of rotatable bonds is 7. The molecule has 1 rings (SSSR count). The van der Waals surface area contributed by atoms with Gasteiger partial charge >= 0.3 is 0 Å². The van der Waals surface area contributed by atoms with E-state index in [0.717, 1.165) is 17.6 Å². The summed E-state index contributed by atoms with van der Waals surface area (Å²) in [6, 6.07) is 7.72. The molecule has 0 saturated carbocycles. The van der Waals surface area contributed by atoms with Crippen LogP contribution in [0.4, 0.5) is 0 Å². The molecule has 1 aromatic carbocycles. The van der Waals surface area contributed by atoms with Crippen LogP contribution in [0.15, 0.2) is 24.3 Å². The van der Waals surface area contributed by atoms with Crippen LogP contribution in [-0.4, -0.2) is 23.8 Å². The molecule has 98 valence electrons. The van der Waals surface area contributed by atoms with Gasteiger partial charge in [-0.2, -0.15) is 0 Å². The highest BCUT2D eigenvalue weighted by atomic mass is 32.2. The smallest absolute Gasteiger partial charge is 0.185 e. The van der Waals surface area contributed by atoms with Crippen molar-refractivity contribution >= 4 is 23.2 Å². The number of hydrogen-bond donors (Lipinski definition) is 0. The summed E-state index contributed by atoms with van der Waals surface area (Å²) in [6.07, 6.45) is 1.59. The number of carbonyl (C=O) groups excluding carboxylic acids is 2. The second-order valence-corrected chi connectivity index (χ2v) is 5.18. The van der Waals surface area contributed by atoms with Gasteiger partial charge < -0.3 is 9.53 Å². The monoisotopic (exact) mass is 266 g/mol. The van der Waals surface area contributed by atoms with Crippen molar-refractivity contribution in [1.29, 1.82) is 0 Å². The largest absolute Gasteiger partial charge is 0.494 e. The summed E-state index contributed by atoms with van der Waals surface area (Å²) in [5, 5.41) is 0.0496. The summed E-state index contributed by atoms with van der Waals surface area (Å²) in [5.74, 6) is 1.27. The molecule has 0 heterocycles. The van der Waals surface area contributed by atoms with E-state index in [1.165, 1.54) is 18.7 Å². The van der Waals surface area contributed by atoms with E-state index in [9.17, 15) is 9.59 Å². The van der Waals surface area contributed by atoms with Gasteiger partial charge in [-0.05, 0) is 31.0 Å². The Morgan fingerprint density at radius 3 is 2.56 bits per heavy atom. The molecule has 0 aliphatic heterocycles. The highest BCUT2D eigenvalue weighted by molar-refractivity contribution is 8.13. The lowest BCUT2D eigenvalue weighted by Gasteiger charge is -2.09. The molecule has 0 spiro atoms. The summed E-state index contributed by atoms with van der Waals surface area (Å²) in [6.45, 7) is 4.10. The maximum Gasteiger partial charge on any atom is 0.185 e. The first-order valence-corrected chi connectivity index (χ1v) is 6.94. The zero-order valence-electron chi connectivity index (χ0n) is 10.7. The van der Waals surface area contributed by atoms with Crippen molar-refractivity contribution in [3.8, 4) is 5.75 Å². The third kappa shape index (κ3) is 5.36. The minimum atomic E-state index is -0.114. The third-order valence-corrected chi connectivity index (χ3v) is 3.43. The van der Waals surface area contributed by atoms with Crippen molar-refractivity contribution in [2.75, 3.05) is 12.4 Å². The highest BCUT2D eigenvalue weighted by Gasteiger charge is 2.10. The van der Waals surface area contributed by atoms with Crippen molar-refractivity contribution in [3.05, 3.63) is 29.8 Å². The Hall–Kier alpha value is -1.29. The van der Waals surface area contributed by atoms with Crippen LogP contribution in [0.25, 0.3) is 0 Å². The van der Waals surface area contributed by atoms with E-state index in [1.54, 1.807) is 0 Å². The topological polar surface area (TPSA) is 43.4 Å². The van der Waals surface area contributed by atoms with Crippen molar-refractivity contribution in [2.45, 2.75) is 20.3 Å². The molecule has 1 unspecified atom stereocenters. The van der Waals surface area contributed by atoms with Gasteiger partial charge in [0.1, 0.15) is 12.0 Å². The summed E-state index contributed by atoms with van der Waals surface area (Å²) in [4.78, 5) is 21.8. The van der Waals surface area contributed by atoms with Crippen molar-refractivity contribution in [3.63, 3.8) is 0 Å². The van der Waals surface area contributed by atoms with Crippen molar-refractivity contribution in [1.82, 2.24) is 0 Å². The molecule has 1 aromatic rings. The number of ether oxygens (including phenoxy) is 1. The van der Waals surface area contributed by atoms with Crippen molar-refractivity contribution < 1.29 is 14.3 Å². The summed E-state index contributed by atoms with van der Waals surface area (Å²) in [5.41, 5.74) is 1.08. The zero-order chi connectivity index (χ0) is 13.4. The standard InChI is InChI=1S/C14H18O3S/c1-3-17-14-6-4-12(5-7-14)8-13(9-15)10-18-11(2)16/h4-7,9,13H,3,8,10H2,1-2H3. The predicted molar refractivity (Wildman–Crippen MR) is 74.0 cm³/mol. The average Bonchev–Trinajstić information content (AvgIpc) is 2.36. The lowest BCUT2D eigenvalue weighted by atomic mass is 10.0. The fourth-order valence-corrected chi connectivity index (χ4v) is 2.21. The number of carbonyl (C=O) groups is 2. The van der Waals surface area contributed by atoms with Gasteiger partial charge in [0.25, 0.3) is 0 Å². The van der Waals surface area contributed by atoms with E-state index in [4.69, 9.17) is 4.74 Å². The first kappa shape index (κ1) is 14.8. The first-order valence-electron chi connectivity index (χ1n) is 5.96. The normalized spacial score (nSPS) is 11.9. The van der Waals surface area contributed by atoms with E-state index >= 15 is 0 Å². The van der Waals surface area contributed by atoms with Crippen molar-refractivity contribution in [2.24, 2.45) is 5.92 Å². The van der Waals surface area contributed by atoms with Gasteiger partial charge in [0.05, 0.1) is 6.61 Å². The molecule has 0 N–H and O–H groups in total. The van der Waals surface area contributed by atoms with Gasteiger partial charge in [-0.15, -0.1) is 0 Å². The second-order valence-electron chi connectivity index (χ2n) is 3.98. The summed E-state index contributed by atoms with van der Waals surface area (Å²) >= 11 is 1.20. The average molecular weight is 266 g/mol. The molecular weight excluding hydrogens is 248 g/mol. The van der Waals surface area contributed by atoms with Crippen LogP contribution in [0.1, 0.15) is 19.4 Å². The van der Waals surface area contributed by atoms with E-state index in [-0.39, 0.29) is 11.0 Å². The fourth-order valence-electron chi connectivity index (χ4n) is 1.56. The van der Waals surface area contributed by atoms with Gasteiger partial charge in [0, 0.05) is 18.6 Å². The van der Waals surface area contributed by atoms with Crippen LogP contribution in [0, 0.1) is 5.92 Å². The van der Waals surface area contributed by atoms with Crippen LogP contribution in [0.3, 0.4) is 0 Å². The van der Waals surface area contributed by atoms with Crippen LogP contribution in [-0.2, 0) is 16.0 Å². The summed E-state index contributed by atoms with van der Waals surface area (Å²) in [7, 11) is 0. The second kappa shape index (κ2) is 7.93. The van der Waals surface area contributed by atoms with Crippen LogP contribution in [0.2, 0.25) is 0 Å². The Morgan fingerprint density at radius 1 is 1.39 bits per heavy atom. The minimum Gasteiger partial charge on any atom is -0.494 e. The molecule has 0 saturated heterocycles. The molecule has 0 bridgehead atoms. The first-order chi connectivity index (χ1) is 8.65. The SMILES string of the molecule is CCOc1ccc(CC(C=O)CSC(C)=O)cc1.